The van der Waals surface area contributed by atoms with Crippen LogP contribution in [-0.4, -0.2) is 11.9 Å². The molecule has 0 bridgehead atoms. The van der Waals surface area contributed by atoms with Crippen LogP contribution in [0.4, 0.5) is 5.69 Å². The quantitative estimate of drug-likeness (QED) is 0.767. The van der Waals surface area contributed by atoms with Gasteiger partial charge >= 0.3 is 5.97 Å². The topological polar surface area (TPSA) is 55.4 Å². The molecule has 1 N–H and O–H groups in total. The lowest BCUT2D eigenvalue weighted by Gasteiger charge is -2.04. The Balaban J connectivity index is 2.56. The largest absolute Gasteiger partial charge is 0.461 e. The Labute approximate surface area is 88.2 Å². The second kappa shape index (κ2) is 5.14. The molecule has 0 unspecified atom stereocenters. The Bertz CT molecular complexity index is 357. The number of amides is 1. The Kier molecular flexibility index (Phi) is 3.85. The predicted molar refractivity (Wildman–Crippen MR) is 56.2 cm³/mol. The minimum atomic E-state index is -0.305. The van der Waals surface area contributed by atoms with Gasteiger partial charge in [0, 0.05) is 19.5 Å². The second-order valence-corrected chi connectivity index (χ2v) is 3.16. The molecule has 0 aromatic heterocycles. The molecule has 4 nitrogen and oxygen atoms in total. The number of esters is 1. The van der Waals surface area contributed by atoms with Crippen molar-refractivity contribution >= 4 is 17.6 Å². The highest BCUT2D eigenvalue weighted by molar-refractivity contribution is 5.88. The van der Waals surface area contributed by atoms with Gasteiger partial charge in [0.25, 0.3) is 0 Å². The van der Waals surface area contributed by atoms with E-state index in [4.69, 9.17) is 4.74 Å². The van der Waals surface area contributed by atoms with E-state index in [1.54, 1.807) is 24.3 Å². The van der Waals surface area contributed by atoms with Crippen molar-refractivity contribution in [1.29, 1.82) is 0 Å². The molecule has 1 rings (SSSR count). The van der Waals surface area contributed by atoms with Crippen molar-refractivity contribution < 1.29 is 14.3 Å². The molecule has 1 aromatic carbocycles. The van der Waals surface area contributed by atoms with Gasteiger partial charge in [0.15, 0.2) is 0 Å². The van der Waals surface area contributed by atoms with Crippen LogP contribution < -0.4 is 5.32 Å². The molecular formula is C11H13NO3. The first-order chi connectivity index (χ1) is 7.08. The first-order valence-corrected chi connectivity index (χ1v) is 4.58. The first-order valence-electron chi connectivity index (χ1n) is 4.58. The molecule has 1 amide bonds. The normalized spacial score (nSPS) is 9.47. The lowest BCUT2D eigenvalue weighted by atomic mass is 10.2. The zero-order valence-electron chi connectivity index (χ0n) is 8.74. The fraction of sp³-hybridized carbons (Fsp3) is 0.273. The number of hydrogen-bond acceptors (Lipinski definition) is 3. The maximum atomic E-state index is 10.7. The van der Waals surface area contributed by atoms with Crippen LogP contribution >= 0.6 is 0 Å². The summed E-state index contributed by atoms with van der Waals surface area (Å²) < 4.78 is 4.82. The van der Waals surface area contributed by atoms with Crippen LogP contribution in [0.15, 0.2) is 24.3 Å². The Morgan fingerprint density at radius 2 is 1.80 bits per heavy atom. The van der Waals surface area contributed by atoms with Gasteiger partial charge in [-0.2, -0.15) is 0 Å². The van der Waals surface area contributed by atoms with Gasteiger partial charge < -0.3 is 10.1 Å². The molecule has 0 aliphatic rings. The zero-order valence-corrected chi connectivity index (χ0v) is 8.74. The summed E-state index contributed by atoms with van der Waals surface area (Å²) in [6, 6.07) is 7.13. The van der Waals surface area contributed by atoms with Crippen LogP contribution in [0.5, 0.6) is 0 Å². The number of ether oxygens (including phenoxy) is 1. The minimum Gasteiger partial charge on any atom is -0.461 e. The van der Waals surface area contributed by atoms with Crippen molar-refractivity contribution in [3.63, 3.8) is 0 Å². The molecule has 0 spiro atoms. The molecular weight excluding hydrogens is 194 g/mol. The maximum absolute atomic E-state index is 10.7. The van der Waals surface area contributed by atoms with E-state index in [9.17, 15) is 9.59 Å². The van der Waals surface area contributed by atoms with Crippen LogP contribution in [-0.2, 0) is 20.9 Å². The molecule has 80 valence electrons. The molecule has 0 saturated carbocycles. The van der Waals surface area contributed by atoms with Crippen molar-refractivity contribution in [1.82, 2.24) is 0 Å². The number of hydrogen-bond donors (Lipinski definition) is 1. The molecule has 15 heavy (non-hydrogen) atoms. The average molecular weight is 207 g/mol. The molecule has 1 aromatic rings. The third-order valence-corrected chi connectivity index (χ3v) is 1.72. The zero-order chi connectivity index (χ0) is 11.3. The third kappa shape index (κ3) is 4.26. The van der Waals surface area contributed by atoms with Crippen molar-refractivity contribution in [2.75, 3.05) is 5.32 Å². The SMILES string of the molecule is CC(=O)Nc1ccc(COC(C)=O)cc1. The van der Waals surface area contributed by atoms with E-state index in [-0.39, 0.29) is 18.5 Å². The monoisotopic (exact) mass is 207 g/mol. The summed E-state index contributed by atoms with van der Waals surface area (Å²) >= 11 is 0. The highest BCUT2D eigenvalue weighted by Crippen LogP contribution is 2.10. The molecule has 0 radical (unpaired) electrons. The van der Waals surface area contributed by atoms with Crippen LogP contribution in [0, 0.1) is 0 Å². The van der Waals surface area contributed by atoms with E-state index in [1.165, 1.54) is 13.8 Å². The van der Waals surface area contributed by atoms with Crippen molar-refractivity contribution in [3.05, 3.63) is 29.8 Å². The number of carbonyl (C=O) groups is 2. The van der Waals surface area contributed by atoms with Gasteiger partial charge in [-0.1, -0.05) is 12.1 Å². The van der Waals surface area contributed by atoms with E-state index in [0.717, 1.165) is 11.3 Å². The summed E-state index contributed by atoms with van der Waals surface area (Å²) in [6.45, 7) is 3.08. The summed E-state index contributed by atoms with van der Waals surface area (Å²) in [7, 11) is 0. The van der Waals surface area contributed by atoms with Crippen LogP contribution in [0.3, 0.4) is 0 Å². The second-order valence-electron chi connectivity index (χ2n) is 3.16. The van der Waals surface area contributed by atoms with Gasteiger partial charge in [0.1, 0.15) is 6.61 Å². The molecule has 0 heterocycles. The predicted octanol–water partition coefficient (Wildman–Crippen LogP) is 1.71. The van der Waals surface area contributed by atoms with E-state index < -0.39 is 0 Å². The van der Waals surface area contributed by atoms with Crippen molar-refractivity contribution in [2.45, 2.75) is 20.5 Å². The number of benzene rings is 1. The van der Waals surface area contributed by atoms with Crippen LogP contribution in [0.2, 0.25) is 0 Å². The van der Waals surface area contributed by atoms with Gasteiger partial charge in [0.2, 0.25) is 5.91 Å². The number of rotatable bonds is 3. The van der Waals surface area contributed by atoms with Crippen molar-refractivity contribution in [3.8, 4) is 0 Å². The number of carbonyl (C=O) groups excluding carboxylic acids is 2. The highest BCUT2D eigenvalue weighted by Gasteiger charge is 1.98. The van der Waals surface area contributed by atoms with E-state index in [1.807, 2.05) is 0 Å². The van der Waals surface area contributed by atoms with Gasteiger partial charge in [-0.25, -0.2) is 0 Å². The molecule has 0 atom stereocenters. The Morgan fingerprint density at radius 3 is 2.27 bits per heavy atom. The lowest BCUT2D eigenvalue weighted by molar-refractivity contribution is -0.142. The molecule has 0 fully saturated rings. The molecule has 0 aliphatic heterocycles. The van der Waals surface area contributed by atoms with Gasteiger partial charge in [0.05, 0.1) is 0 Å². The Hall–Kier alpha value is -1.84. The minimum absolute atomic E-state index is 0.109. The summed E-state index contributed by atoms with van der Waals surface area (Å²) in [5, 5.41) is 2.65. The fourth-order valence-electron chi connectivity index (χ4n) is 1.07. The average Bonchev–Trinajstić information content (AvgIpc) is 2.16. The summed E-state index contributed by atoms with van der Waals surface area (Å²) in [4.78, 5) is 21.3. The highest BCUT2D eigenvalue weighted by atomic mass is 16.5. The fourth-order valence-corrected chi connectivity index (χ4v) is 1.07. The lowest BCUT2D eigenvalue weighted by Crippen LogP contribution is -2.05. The maximum Gasteiger partial charge on any atom is 0.302 e. The van der Waals surface area contributed by atoms with Crippen LogP contribution in [0.1, 0.15) is 19.4 Å². The molecule has 0 saturated heterocycles. The van der Waals surface area contributed by atoms with Gasteiger partial charge in [-0.15, -0.1) is 0 Å². The Morgan fingerprint density at radius 1 is 1.20 bits per heavy atom. The number of nitrogens with one attached hydrogen (secondary N) is 1. The smallest absolute Gasteiger partial charge is 0.302 e. The van der Waals surface area contributed by atoms with E-state index in [2.05, 4.69) is 5.32 Å². The van der Waals surface area contributed by atoms with Crippen molar-refractivity contribution in [2.24, 2.45) is 0 Å². The van der Waals surface area contributed by atoms with Gasteiger partial charge in [-0.3, -0.25) is 9.59 Å². The van der Waals surface area contributed by atoms with E-state index in [0.29, 0.717) is 0 Å². The summed E-state index contributed by atoms with van der Waals surface area (Å²) in [5.74, 6) is -0.413. The van der Waals surface area contributed by atoms with Gasteiger partial charge in [-0.05, 0) is 17.7 Å². The first kappa shape index (κ1) is 11.2. The van der Waals surface area contributed by atoms with Crippen LogP contribution in [0.25, 0.3) is 0 Å². The molecule has 4 heteroatoms. The standard InChI is InChI=1S/C11H13NO3/c1-8(13)12-11-5-3-10(4-6-11)7-15-9(2)14/h3-6H,7H2,1-2H3,(H,12,13). The number of anilines is 1. The summed E-state index contributed by atoms with van der Waals surface area (Å²) in [6.07, 6.45) is 0. The third-order valence-electron chi connectivity index (χ3n) is 1.72. The molecule has 0 aliphatic carbocycles. The van der Waals surface area contributed by atoms with E-state index >= 15 is 0 Å². The summed E-state index contributed by atoms with van der Waals surface area (Å²) in [5.41, 5.74) is 1.62.